The molecule has 1 aromatic carbocycles. The summed E-state index contributed by atoms with van der Waals surface area (Å²) in [5.74, 6) is -0.436. The summed E-state index contributed by atoms with van der Waals surface area (Å²) >= 11 is 0. The molecule has 2 amide bonds. The van der Waals surface area contributed by atoms with Gasteiger partial charge >= 0.3 is 5.97 Å². The number of benzene rings is 1. The quantitative estimate of drug-likeness (QED) is 0.196. The molecule has 0 N–H and O–H groups in total. The monoisotopic (exact) mass is 468 g/mol. The minimum atomic E-state index is -0.644. The number of nitrogens with zero attached hydrogens (tertiary/aromatic N) is 2. The predicted molar refractivity (Wildman–Crippen MR) is 127 cm³/mol. The number of rotatable bonds is 12. The third-order valence-corrected chi connectivity index (χ3v) is 5.41. The smallest absolute Gasteiger partial charge is 0.302 e. The molecule has 8 heteroatoms. The van der Waals surface area contributed by atoms with Crippen LogP contribution in [0.1, 0.15) is 58.4 Å². The summed E-state index contributed by atoms with van der Waals surface area (Å²) in [4.78, 5) is 37.8. The molecule has 8 nitrogen and oxygen atoms in total. The largest absolute Gasteiger partial charge is 0.493 e. The van der Waals surface area contributed by atoms with E-state index in [0.717, 1.165) is 24.2 Å². The van der Waals surface area contributed by atoms with E-state index in [9.17, 15) is 19.6 Å². The third-order valence-electron chi connectivity index (χ3n) is 5.41. The maximum atomic E-state index is 13.1. The Balaban J connectivity index is 2.26. The molecule has 0 spiro atoms. The van der Waals surface area contributed by atoms with Gasteiger partial charge in [0.15, 0.2) is 11.5 Å². The van der Waals surface area contributed by atoms with E-state index in [1.807, 2.05) is 6.07 Å². The second-order valence-electron chi connectivity index (χ2n) is 7.94. The van der Waals surface area contributed by atoms with E-state index in [1.165, 1.54) is 13.3 Å². The van der Waals surface area contributed by atoms with Crippen LogP contribution in [0.15, 0.2) is 34.9 Å². The molecular weight excluding hydrogens is 436 g/mol. The lowest BCUT2D eigenvalue weighted by Gasteiger charge is -2.27. The number of amides is 2. The van der Waals surface area contributed by atoms with Crippen molar-refractivity contribution in [3.8, 4) is 17.6 Å². The number of hydrogen-bond acceptors (Lipinski definition) is 7. The normalized spacial score (nSPS) is 14.9. The average molecular weight is 469 g/mol. The van der Waals surface area contributed by atoms with Crippen molar-refractivity contribution in [3.63, 3.8) is 0 Å². The molecule has 2 rings (SSSR count). The lowest BCUT2D eigenvalue weighted by atomic mass is 9.93. The third kappa shape index (κ3) is 6.95. The van der Waals surface area contributed by atoms with Gasteiger partial charge < -0.3 is 14.2 Å². The Labute approximate surface area is 200 Å². The number of carbonyl (C=O) groups excluding carboxylic acids is 3. The van der Waals surface area contributed by atoms with E-state index in [4.69, 9.17) is 14.2 Å². The number of imide groups is 1. The number of ether oxygens (including phenoxy) is 3. The van der Waals surface area contributed by atoms with Crippen LogP contribution in [-0.2, 0) is 19.1 Å². The maximum absolute atomic E-state index is 13.1. The molecule has 0 unspecified atom stereocenters. The van der Waals surface area contributed by atoms with Gasteiger partial charge in [0.2, 0.25) is 0 Å². The van der Waals surface area contributed by atoms with Crippen molar-refractivity contribution in [1.82, 2.24) is 4.90 Å². The molecule has 182 valence electrons. The molecule has 1 heterocycles. The molecule has 0 atom stereocenters. The zero-order valence-electron chi connectivity index (χ0n) is 20.3. The van der Waals surface area contributed by atoms with E-state index < -0.39 is 17.8 Å². The first kappa shape index (κ1) is 26.7. The van der Waals surface area contributed by atoms with Gasteiger partial charge in [-0.15, -0.1) is 0 Å². The molecule has 1 aliphatic heterocycles. The molecule has 0 aromatic heterocycles. The Morgan fingerprint density at radius 2 is 1.85 bits per heavy atom. The molecule has 0 fully saturated rings. The van der Waals surface area contributed by atoms with E-state index >= 15 is 0 Å². The molecule has 1 aliphatic rings. The highest BCUT2D eigenvalue weighted by molar-refractivity contribution is 6.19. The van der Waals surface area contributed by atoms with E-state index in [2.05, 4.69) is 6.92 Å². The van der Waals surface area contributed by atoms with Gasteiger partial charge in [-0.05, 0) is 49.1 Å². The first-order chi connectivity index (χ1) is 16.3. The minimum Gasteiger partial charge on any atom is -0.493 e. The molecule has 34 heavy (non-hydrogen) atoms. The summed E-state index contributed by atoms with van der Waals surface area (Å²) in [6.07, 6.45) is 6.30. The second-order valence-corrected chi connectivity index (χ2v) is 7.94. The number of hydrogen-bond donors (Lipinski definition) is 0. The number of unbranched alkanes of at least 4 members (excludes halogenated alkanes) is 3. The van der Waals surface area contributed by atoms with Crippen LogP contribution in [-0.4, -0.2) is 49.6 Å². The lowest BCUT2D eigenvalue weighted by Crippen LogP contribution is -2.43. The summed E-state index contributed by atoms with van der Waals surface area (Å²) in [6.45, 7) is 5.73. The van der Waals surface area contributed by atoms with Gasteiger partial charge in [-0.3, -0.25) is 19.3 Å². The SMILES string of the molecule is CCCCCCOc1ccc(/C=C2/C(=O)N(CCCOC(C)=O)C(=O)C(C#N)=C2C)cc1OC. The van der Waals surface area contributed by atoms with Crippen molar-refractivity contribution >= 4 is 23.9 Å². The predicted octanol–water partition coefficient (Wildman–Crippen LogP) is 4.20. The number of nitriles is 1. The Kier molecular flexibility index (Phi) is 10.3. The van der Waals surface area contributed by atoms with E-state index in [-0.39, 0.29) is 30.7 Å². The Morgan fingerprint density at radius 1 is 1.09 bits per heavy atom. The topological polar surface area (TPSA) is 106 Å². The van der Waals surface area contributed by atoms with Gasteiger partial charge in [0.1, 0.15) is 11.6 Å². The van der Waals surface area contributed by atoms with Crippen LogP contribution in [0.4, 0.5) is 0 Å². The van der Waals surface area contributed by atoms with Crippen molar-refractivity contribution in [2.75, 3.05) is 26.9 Å². The van der Waals surface area contributed by atoms with Crippen molar-refractivity contribution in [3.05, 3.63) is 40.5 Å². The van der Waals surface area contributed by atoms with Gasteiger partial charge in [0, 0.05) is 19.0 Å². The minimum absolute atomic E-state index is 0.0366. The van der Waals surface area contributed by atoms with Crippen LogP contribution in [0.25, 0.3) is 6.08 Å². The zero-order chi connectivity index (χ0) is 25.1. The lowest BCUT2D eigenvalue weighted by molar-refractivity contribution is -0.141. The molecular formula is C26H32N2O6. The fraction of sp³-hybridized carbons (Fsp3) is 0.462. The second kappa shape index (κ2) is 13.2. The summed E-state index contributed by atoms with van der Waals surface area (Å²) in [5.41, 5.74) is 1.16. The average Bonchev–Trinajstić information content (AvgIpc) is 2.81. The van der Waals surface area contributed by atoms with Gasteiger partial charge in [-0.1, -0.05) is 32.3 Å². The van der Waals surface area contributed by atoms with Gasteiger partial charge in [-0.25, -0.2) is 0 Å². The van der Waals surface area contributed by atoms with Crippen molar-refractivity contribution in [2.24, 2.45) is 0 Å². The number of methoxy groups -OCH3 is 1. The maximum Gasteiger partial charge on any atom is 0.302 e. The summed E-state index contributed by atoms with van der Waals surface area (Å²) in [7, 11) is 1.55. The van der Waals surface area contributed by atoms with Crippen LogP contribution in [0.3, 0.4) is 0 Å². The first-order valence-electron chi connectivity index (χ1n) is 11.5. The van der Waals surface area contributed by atoms with Crippen LogP contribution >= 0.6 is 0 Å². The molecule has 0 radical (unpaired) electrons. The van der Waals surface area contributed by atoms with Gasteiger partial charge in [0.25, 0.3) is 11.8 Å². The summed E-state index contributed by atoms with van der Waals surface area (Å²) < 4.78 is 16.2. The van der Waals surface area contributed by atoms with Crippen molar-refractivity contribution in [1.29, 1.82) is 5.26 Å². The van der Waals surface area contributed by atoms with Crippen molar-refractivity contribution < 1.29 is 28.6 Å². The molecule has 0 saturated carbocycles. The van der Waals surface area contributed by atoms with Crippen LogP contribution in [0.2, 0.25) is 0 Å². The van der Waals surface area contributed by atoms with Crippen LogP contribution in [0, 0.1) is 11.3 Å². The molecule has 0 aliphatic carbocycles. The standard InChI is InChI=1S/C26H32N2O6/c1-5-6-7-8-13-34-23-11-10-20(16-24(23)32-4)15-21-18(2)22(17-27)26(31)28(25(21)30)12-9-14-33-19(3)29/h10-11,15-16H,5-9,12-14H2,1-4H3/b21-15+. The van der Waals surface area contributed by atoms with Gasteiger partial charge in [0.05, 0.1) is 20.3 Å². The highest BCUT2D eigenvalue weighted by Crippen LogP contribution is 2.32. The fourth-order valence-electron chi connectivity index (χ4n) is 3.54. The van der Waals surface area contributed by atoms with E-state index in [1.54, 1.807) is 38.3 Å². The highest BCUT2D eigenvalue weighted by atomic mass is 16.5. The Morgan fingerprint density at radius 3 is 2.50 bits per heavy atom. The zero-order valence-corrected chi connectivity index (χ0v) is 20.3. The fourth-order valence-corrected chi connectivity index (χ4v) is 3.54. The number of esters is 1. The molecule has 0 bridgehead atoms. The Bertz CT molecular complexity index is 1020. The van der Waals surface area contributed by atoms with Gasteiger partial charge in [-0.2, -0.15) is 5.26 Å². The molecule has 1 aromatic rings. The Hall–Kier alpha value is -3.60. The molecule has 0 saturated heterocycles. The van der Waals surface area contributed by atoms with Crippen LogP contribution < -0.4 is 9.47 Å². The van der Waals surface area contributed by atoms with E-state index in [0.29, 0.717) is 29.2 Å². The summed E-state index contributed by atoms with van der Waals surface area (Å²) in [6, 6.07) is 7.24. The summed E-state index contributed by atoms with van der Waals surface area (Å²) in [5, 5.41) is 9.52. The highest BCUT2D eigenvalue weighted by Gasteiger charge is 2.35. The van der Waals surface area contributed by atoms with Crippen molar-refractivity contribution in [2.45, 2.75) is 52.9 Å². The first-order valence-corrected chi connectivity index (χ1v) is 11.5. The van der Waals surface area contributed by atoms with Crippen LogP contribution in [0.5, 0.6) is 11.5 Å². The number of carbonyl (C=O) groups is 3.